The lowest BCUT2D eigenvalue weighted by Crippen LogP contribution is -2.30. The van der Waals surface area contributed by atoms with Gasteiger partial charge in [0, 0.05) is 11.1 Å². The molecule has 0 radical (unpaired) electrons. The number of hydrogen-bond acceptors (Lipinski definition) is 3. The summed E-state index contributed by atoms with van der Waals surface area (Å²) >= 11 is 0. The Morgan fingerprint density at radius 3 is 2.56 bits per heavy atom. The largest absolute Gasteiger partial charge is 0.397 e. The number of benzene rings is 1. The Labute approximate surface area is 96.0 Å². The third kappa shape index (κ3) is 2.89. The molecule has 1 amide bonds. The topological polar surface area (TPSA) is 81.1 Å². The smallest absolute Gasteiger partial charge is 0.248 e. The van der Waals surface area contributed by atoms with Gasteiger partial charge in [0.2, 0.25) is 5.91 Å². The van der Waals surface area contributed by atoms with Gasteiger partial charge in [-0.3, -0.25) is 4.79 Å². The van der Waals surface area contributed by atoms with Gasteiger partial charge in [-0.25, -0.2) is 0 Å². The van der Waals surface area contributed by atoms with Gasteiger partial charge in [-0.05, 0) is 38.5 Å². The molecule has 0 spiro atoms. The predicted octanol–water partition coefficient (Wildman–Crippen LogP) is 1.97. The van der Waals surface area contributed by atoms with Crippen LogP contribution in [0.1, 0.15) is 37.6 Å². The Bertz CT molecular complexity index is 399. The first-order valence-corrected chi connectivity index (χ1v) is 5.33. The number of carbonyl (C=O) groups is 1. The summed E-state index contributed by atoms with van der Waals surface area (Å²) in [5.41, 5.74) is 12.8. The summed E-state index contributed by atoms with van der Waals surface area (Å²) in [6.07, 6.45) is 0.952. The van der Waals surface area contributed by atoms with Crippen molar-refractivity contribution in [2.24, 2.45) is 5.73 Å². The molecule has 1 aromatic rings. The fourth-order valence-electron chi connectivity index (χ4n) is 1.27. The van der Waals surface area contributed by atoms with Gasteiger partial charge in [0.1, 0.15) is 0 Å². The molecule has 0 saturated heterocycles. The zero-order valence-corrected chi connectivity index (χ0v) is 10.0. The SMILES string of the molecule is CCC(C)(C)Nc1cc(C(N)=O)ccc1N. The fourth-order valence-corrected chi connectivity index (χ4v) is 1.27. The second-order valence-corrected chi connectivity index (χ2v) is 4.53. The average molecular weight is 221 g/mol. The molecule has 1 rings (SSSR count). The Morgan fingerprint density at radius 1 is 1.44 bits per heavy atom. The van der Waals surface area contributed by atoms with Crippen LogP contribution in [-0.2, 0) is 0 Å². The van der Waals surface area contributed by atoms with Gasteiger partial charge in [-0.15, -0.1) is 0 Å². The van der Waals surface area contributed by atoms with Gasteiger partial charge in [0.05, 0.1) is 11.4 Å². The van der Waals surface area contributed by atoms with E-state index in [1.807, 2.05) is 0 Å². The van der Waals surface area contributed by atoms with Crippen molar-refractivity contribution in [1.29, 1.82) is 0 Å². The summed E-state index contributed by atoms with van der Waals surface area (Å²) < 4.78 is 0. The molecule has 0 aliphatic carbocycles. The normalized spacial score (nSPS) is 11.2. The number of rotatable bonds is 4. The Balaban J connectivity index is 3.03. The van der Waals surface area contributed by atoms with E-state index in [9.17, 15) is 4.79 Å². The molecule has 1 aromatic carbocycles. The zero-order chi connectivity index (χ0) is 12.3. The standard InChI is InChI=1S/C12H19N3O/c1-4-12(2,3)15-10-7-8(11(14)16)5-6-9(10)13/h5-7,15H,4,13H2,1-3H3,(H2,14,16). The lowest BCUT2D eigenvalue weighted by atomic mass is 10.0. The maximum Gasteiger partial charge on any atom is 0.248 e. The van der Waals surface area contributed by atoms with Crippen LogP contribution in [0, 0.1) is 0 Å². The minimum atomic E-state index is -0.447. The number of carbonyl (C=O) groups excluding carboxylic acids is 1. The number of nitrogens with two attached hydrogens (primary N) is 2. The molecule has 0 fully saturated rings. The lowest BCUT2D eigenvalue weighted by Gasteiger charge is -2.27. The van der Waals surface area contributed by atoms with E-state index in [-0.39, 0.29) is 5.54 Å². The average Bonchev–Trinajstić information content (AvgIpc) is 2.21. The van der Waals surface area contributed by atoms with Crippen molar-refractivity contribution in [3.63, 3.8) is 0 Å². The monoisotopic (exact) mass is 221 g/mol. The summed E-state index contributed by atoms with van der Waals surface area (Å²) in [7, 11) is 0. The van der Waals surface area contributed by atoms with Crippen LogP contribution in [0.15, 0.2) is 18.2 Å². The first-order valence-electron chi connectivity index (χ1n) is 5.33. The molecule has 88 valence electrons. The van der Waals surface area contributed by atoms with Crippen molar-refractivity contribution in [2.75, 3.05) is 11.1 Å². The number of nitrogen functional groups attached to an aromatic ring is 1. The van der Waals surface area contributed by atoms with Crippen LogP contribution in [-0.4, -0.2) is 11.4 Å². The fraction of sp³-hybridized carbons (Fsp3) is 0.417. The minimum absolute atomic E-state index is 0.0651. The van der Waals surface area contributed by atoms with Crippen LogP contribution in [0.4, 0.5) is 11.4 Å². The number of primary amides is 1. The van der Waals surface area contributed by atoms with E-state index in [1.165, 1.54) is 0 Å². The molecule has 0 saturated carbocycles. The quantitative estimate of drug-likeness (QED) is 0.680. The van der Waals surface area contributed by atoms with Crippen LogP contribution >= 0.6 is 0 Å². The highest BCUT2D eigenvalue weighted by atomic mass is 16.1. The zero-order valence-electron chi connectivity index (χ0n) is 10.0. The lowest BCUT2D eigenvalue weighted by molar-refractivity contribution is 0.100. The molecule has 0 heterocycles. The summed E-state index contributed by atoms with van der Waals surface area (Å²) in [6.45, 7) is 6.23. The molecular weight excluding hydrogens is 202 g/mol. The van der Waals surface area contributed by atoms with Gasteiger partial charge in [0.25, 0.3) is 0 Å². The first-order chi connectivity index (χ1) is 7.35. The molecule has 16 heavy (non-hydrogen) atoms. The molecule has 0 aliphatic rings. The van der Waals surface area contributed by atoms with E-state index in [0.29, 0.717) is 11.3 Å². The highest BCUT2D eigenvalue weighted by Gasteiger charge is 2.16. The van der Waals surface area contributed by atoms with Crippen molar-refractivity contribution in [1.82, 2.24) is 0 Å². The molecule has 0 aromatic heterocycles. The van der Waals surface area contributed by atoms with Crippen molar-refractivity contribution < 1.29 is 4.79 Å². The molecule has 0 bridgehead atoms. The van der Waals surface area contributed by atoms with Crippen molar-refractivity contribution in [3.05, 3.63) is 23.8 Å². The molecule has 0 atom stereocenters. The van der Waals surface area contributed by atoms with Crippen LogP contribution in [0.2, 0.25) is 0 Å². The van der Waals surface area contributed by atoms with Crippen LogP contribution in [0.25, 0.3) is 0 Å². The third-order valence-electron chi connectivity index (χ3n) is 2.69. The van der Waals surface area contributed by atoms with E-state index in [2.05, 4.69) is 26.1 Å². The van der Waals surface area contributed by atoms with Crippen LogP contribution < -0.4 is 16.8 Å². The van der Waals surface area contributed by atoms with E-state index in [1.54, 1.807) is 18.2 Å². The summed E-state index contributed by atoms with van der Waals surface area (Å²) in [5.74, 6) is -0.447. The molecule has 0 aliphatic heterocycles. The maximum absolute atomic E-state index is 11.1. The van der Waals surface area contributed by atoms with Crippen LogP contribution in [0.3, 0.4) is 0 Å². The maximum atomic E-state index is 11.1. The number of nitrogens with one attached hydrogen (secondary N) is 1. The highest BCUT2D eigenvalue weighted by molar-refractivity contribution is 5.95. The van der Waals surface area contributed by atoms with Crippen molar-refractivity contribution in [2.45, 2.75) is 32.7 Å². The first kappa shape index (κ1) is 12.4. The second kappa shape index (κ2) is 4.43. The summed E-state index contributed by atoms with van der Waals surface area (Å²) in [6, 6.07) is 5.00. The van der Waals surface area contributed by atoms with E-state index in [0.717, 1.165) is 12.1 Å². The van der Waals surface area contributed by atoms with Gasteiger partial charge >= 0.3 is 0 Å². The van der Waals surface area contributed by atoms with Gasteiger partial charge in [-0.1, -0.05) is 6.92 Å². The summed E-state index contributed by atoms with van der Waals surface area (Å²) in [4.78, 5) is 11.1. The number of hydrogen-bond donors (Lipinski definition) is 3. The van der Waals surface area contributed by atoms with E-state index >= 15 is 0 Å². The molecule has 4 nitrogen and oxygen atoms in total. The van der Waals surface area contributed by atoms with E-state index in [4.69, 9.17) is 11.5 Å². The molecule has 0 unspecified atom stereocenters. The van der Waals surface area contributed by atoms with Gasteiger partial charge in [-0.2, -0.15) is 0 Å². The molecular formula is C12H19N3O. The predicted molar refractivity (Wildman–Crippen MR) is 67.4 cm³/mol. The molecule has 5 N–H and O–H groups in total. The third-order valence-corrected chi connectivity index (χ3v) is 2.69. The number of amides is 1. The Kier molecular flexibility index (Phi) is 3.42. The van der Waals surface area contributed by atoms with Crippen molar-refractivity contribution in [3.8, 4) is 0 Å². The van der Waals surface area contributed by atoms with E-state index < -0.39 is 5.91 Å². The number of anilines is 2. The minimum Gasteiger partial charge on any atom is -0.397 e. The van der Waals surface area contributed by atoms with Crippen LogP contribution in [0.5, 0.6) is 0 Å². The summed E-state index contributed by atoms with van der Waals surface area (Å²) in [5, 5.41) is 3.30. The van der Waals surface area contributed by atoms with Gasteiger partial charge < -0.3 is 16.8 Å². The van der Waals surface area contributed by atoms with Crippen molar-refractivity contribution >= 4 is 17.3 Å². The Hall–Kier alpha value is -1.71. The molecule has 4 heteroatoms. The van der Waals surface area contributed by atoms with Gasteiger partial charge in [0.15, 0.2) is 0 Å². The Morgan fingerprint density at radius 2 is 2.06 bits per heavy atom. The second-order valence-electron chi connectivity index (χ2n) is 4.53. The highest BCUT2D eigenvalue weighted by Crippen LogP contribution is 2.24.